The number of hydrogen-bond acceptors (Lipinski definition) is 4. The molecule has 1 aliphatic rings. The van der Waals surface area contributed by atoms with Gasteiger partial charge in [0, 0.05) is 44.8 Å². The lowest BCUT2D eigenvalue weighted by atomic mass is 10.1. The second-order valence-corrected chi connectivity index (χ2v) is 5.71. The number of benzene rings is 1. The predicted molar refractivity (Wildman–Crippen MR) is 87.9 cm³/mol. The average molecular weight is 300 g/mol. The Labute approximate surface area is 131 Å². The van der Waals surface area contributed by atoms with Crippen LogP contribution in [-0.2, 0) is 24.8 Å². The van der Waals surface area contributed by atoms with Crippen LogP contribution in [0.3, 0.4) is 0 Å². The van der Waals surface area contributed by atoms with Gasteiger partial charge < -0.3 is 14.6 Å². The van der Waals surface area contributed by atoms with Crippen molar-refractivity contribution in [2.75, 3.05) is 38.2 Å². The minimum absolute atomic E-state index is 0.747. The third-order valence-electron chi connectivity index (χ3n) is 4.15. The van der Waals surface area contributed by atoms with E-state index in [1.165, 1.54) is 5.56 Å². The number of nitrogens with zero attached hydrogens (tertiary/aromatic N) is 3. The molecule has 0 amide bonds. The SMILES string of the molecule is Cn1ccnc1CNc1ccc(CCN2CCOCC2)cc1. The van der Waals surface area contributed by atoms with Gasteiger partial charge in [0.25, 0.3) is 0 Å². The number of aromatic nitrogens is 2. The molecule has 0 saturated carbocycles. The minimum atomic E-state index is 0.747. The van der Waals surface area contributed by atoms with Crippen LogP contribution in [0.5, 0.6) is 0 Å². The molecule has 2 aromatic rings. The first-order chi connectivity index (χ1) is 10.8. The maximum Gasteiger partial charge on any atom is 0.127 e. The van der Waals surface area contributed by atoms with Gasteiger partial charge in [-0.15, -0.1) is 0 Å². The third-order valence-corrected chi connectivity index (χ3v) is 4.15. The summed E-state index contributed by atoms with van der Waals surface area (Å²) >= 11 is 0. The molecule has 0 radical (unpaired) electrons. The number of morpholine rings is 1. The van der Waals surface area contributed by atoms with Gasteiger partial charge in [0.2, 0.25) is 0 Å². The second-order valence-electron chi connectivity index (χ2n) is 5.71. The van der Waals surface area contributed by atoms with Crippen LogP contribution >= 0.6 is 0 Å². The number of imidazole rings is 1. The Bertz CT molecular complexity index is 573. The molecule has 0 bridgehead atoms. The number of hydrogen-bond donors (Lipinski definition) is 1. The van der Waals surface area contributed by atoms with E-state index in [0.717, 1.165) is 57.3 Å². The molecular weight excluding hydrogens is 276 g/mol. The van der Waals surface area contributed by atoms with Crippen molar-refractivity contribution in [2.24, 2.45) is 7.05 Å². The summed E-state index contributed by atoms with van der Waals surface area (Å²) in [6.45, 7) is 5.72. The van der Waals surface area contributed by atoms with E-state index in [4.69, 9.17) is 4.74 Å². The van der Waals surface area contributed by atoms with Gasteiger partial charge in [0.05, 0.1) is 19.8 Å². The van der Waals surface area contributed by atoms with Crippen molar-refractivity contribution in [3.8, 4) is 0 Å². The summed E-state index contributed by atoms with van der Waals surface area (Å²) in [6, 6.07) is 8.72. The number of ether oxygens (including phenoxy) is 1. The topological polar surface area (TPSA) is 42.3 Å². The maximum absolute atomic E-state index is 5.38. The number of anilines is 1. The van der Waals surface area contributed by atoms with Gasteiger partial charge in [-0.3, -0.25) is 4.90 Å². The fourth-order valence-corrected chi connectivity index (χ4v) is 2.65. The number of rotatable bonds is 6. The molecule has 1 fully saturated rings. The van der Waals surface area contributed by atoms with E-state index in [1.54, 1.807) is 0 Å². The van der Waals surface area contributed by atoms with Crippen LogP contribution in [0.25, 0.3) is 0 Å². The highest BCUT2D eigenvalue weighted by atomic mass is 16.5. The first kappa shape index (κ1) is 15.1. The van der Waals surface area contributed by atoms with Crippen molar-refractivity contribution >= 4 is 5.69 Å². The van der Waals surface area contributed by atoms with Gasteiger partial charge in [-0.2, -0.15) is 0 Å². The highest BCUT2D eigenvalue weighted by Gasteiger charge is 2.09. The van der Waals surface area contributed by atoms with Crippen molar-refractivity contribution in [3.63, 3.8) is 0 Å². The summed E-state index contributed by atoms with van der Waals surface area (Å²) in [4.78, 5) is 6.78. The van der Waals surface area contributed by atoms with E-state index in [-0.39, 0.29) is 0 Å². The van der Waals surface area contributed by atoms with Gasteiger partial charge in [-0.25, -0.2) is 4.98 Å². The van der Waals surface area contributed by atoms with Crippen LogP contribution < -0.4 is 5.32 Å². The molecule has 2 heterocycles. The molecule has 22 heavy (non-hydrogen) atoms. The summed E-state index contributed by atoms with van der Waals surface area (Å²) in [5.74, 6) is 1.04. The number of aryl methyl sites for hydroxylation is 1. The molecule has 3 rings (SSSR count). The van der Waals surface area contributed by atoms with Gasteiger partial charge in [0.15, 0.2) is 0 Å². The standard InChI is InChI=1S/C17H24N4O/c1-20-9-7-18-17(20)14-19-16-4-2-15(3-5-16)6-8-21-10-12-22-13-11-21/h2-5,7,9,19H,6,8,10-14H2,1H3. The molecule has 1 aromatic heterocycles. The van der Waals surface area contributed by atoms with Crippen molar-refractivity contribution in [3.05, 3.63) is 48.0 Å². The lowest BCUT2D eigenvalue weighted by Crippen LogP contribution is -2.37. The molecule has 1 N–H and O–H groups in total. The smallest absolute Gasteiger partial charge is 0.127 e. The Balaban J connectivity index is 1.46. The molecule has 1 saturated heterocycles. The van der Waals surface area contributed by atoms with E-state index in [9.17, 15) is 0 Å². The molecule has 0 atom stereocenters. The van der Waals surface area contributed by atoms with Gasteiger partial charge in [-0.05, 0) is 24.1 Å². The van der Waals surface area contributed by atoms with Crippen LogP contribution in [0.1, 0.15) is 11.4 Å². The van der Waals surface area contributed by atoms with Crippen molar-refractivity contribution in [1.29, 1.82) is 0 Å². The van der Waals surface area contributed by atoms with Crippen LogP contribution in [0, 0.1) is 0 Å². The molecule has 0 aliphatic carbocycles. The first-order valence-corrected chi connectivity index (χ1v) is 7.90. The Morgan fingerprint density at radius 2 is 1.95 bits per heavy atom. The fourth-order valence-electron chi connectivity index (χ4n) is 2.65. The molecule has 5 heteroatoms. The summed E-state index contributed by atoms with van der Waals surface area (Å²) in [7, 11) is 2.01. The molecule has 1 aliphatic heterocycles. The molecule has 0 spiro atoms. The van der Waals surface area contributed by atoms with Crippen molar-refractivity contribution in [1.82, 2.24) is 14.5 Å². The van der Waals surface area contributed by atoms with Gasteiger partial charge in [0.1, 0.15) is 5.82 Å². The Morgan fingerprint density at radius 3 is 2.64 bits per heavy atom. The fraction of sp³-hybridized carbons (Fsp3) is 0.471. The van der Waals surface area contributed by atoms with Crippen LogP contribution in [0.4, 0.5) is 5.69 Å². The molecule has 0 unspecified atom stereocenters. The quantitative estimate of drug-likeness (QED) is 0.885. The minimum Gasteiger partial charge on any atom is -0.379 e. The Morgan fingerprint density at radius 1 is 1.18 bits per heavy atom. The summed E-state index contributed by atoms with van der Waals surface area (Å²) in [5.41, 5.74) is 2.52. The van der Waals surface area contributed by atoms with E-state index in [1.807, 2.05) is 24.0 Å². The zero-order valence-electron chi connectivity index (χ0n) is 13.2. The predicted octanol–water partition coefficient (Wildman–Crippen LogP) is 1.91. The van der Waals surface area contributed by atoms with Crippen LogP contribution in [-0.4, -0.2) is 47.3 Å². The first-order valence-electron chi connectivity index (χ1n) is 7.90. The third kappa shape index (κ3) is 4.08. The highest BCUT2D eigenvalue weighted by molar-refractivity contribution is 5.44. The van der Waals surface area contributed by atoms with Crippen LogP contribution in [0.15, 0.2) is 36.7 Å². The largest absolute Gasteiger partial charge is 0.379 e. The zero-order chi connectivity index (χ0) is 15.2. The van der Waals surface area contributed by atoms with E-state index in [0.29, 0.717) is 0 Å². The summed E-state index contributed by atoms with van der Waals surface area (Å²) < 4.78 is 7.41. The summed E-state index contributed by atoms with van der Waals surface area (Å²) in [6.07, 6.45) is 4.89. The highest BCUT2D eigenvalue weighted by Crippen LogP contribution is 2.12. The van der Waals surface area contributed by atoms with E-state index < -0.39 is 0 Å². The van der Waals surface area contributed by atoms with Gasteiger partial charge in [-0.1, -0.05) is 12.1 Å². The van der Waals surface area contributed by atoms with E-state index in [2.05, 4.69) is 39.5 Å². The second kappa shape index (κ2) is 7.42. The van der Waals surface area contributed by atoms with Crippen molar-refractivity contribution < 1.29 is 4.74 Å². The summed E-state index contributed by atoms with van der Waals surface area (Å²) in [5, 5.41) is 3.41. The number of nitrogens with one attached hydrogen (secondary N) is 1. The Kier molecular flexibility index (Phi) is 5.08. The zero-order valence-corrected chi connectivity index (χ0v) is 13.2. The monoisotopic (exact) mass is 300 g/mol. The average Bonchev–Trinajstić information content (AvgIpc) is 2.98. The Hall–Kier alpha value is -1.85. The normalized spacial score (nSPS) is 15.9. The van der Waals surface area contributed by atoms with Gasteiger partial charge >= 0.3 is 0 Å². The molecule has 1 aromatic carbocycles. The van der Waals surface area contributed by atoms with Crippen molar-refractivity contribution in [2.45, 2.75) is 13.0 Å². The lowest BCUT2D eigenvalue weighted by molar-refractivity contribution is 0.0384. The maximum atomic E-state index is 5.38. The lowest BCUT2D eigenvalue weighted by Gasteiger charge is -2.26. The molecule has 118 valence electrons. The molecular formula is C17H24N4O. The molecule has 5 nitrogen and oxygen atoms in total. The van der Waals surface area contributed by atoms with Crippen LogP contribution in [0.2, 0.25) is 0 Å². The van der Waals surface area contributed by atoms with E-state index >= 15 is 0 Å².